The van der Waals surface area contributed by atoms with Crippen LogP contribution in [0, 0.1) is 0 Å². The molecule has 0 radical (unpaired) electrons. The Labute approximate surface area is 164 Å². The molecule has 0 spiro atoms. The van der Waals surface area contributed by atoms with Crippen LogP contribution < -0.4 is 24.3 Å². The van der Waals surface area contributed by atoms with E-state index in [0.29, 0.717) is 19.3 Å². The number of aryl methyl sites for hydroxylation is 1. The highest BCUT2D eigenvalue weighted by Crippen LogP contribution is 2.41. The van der Waals surface area contributed by atoms with Gasteiger partial charge in [-0.2, -0.15) is 0 Å². The van der Waals surface area contributed by atoms with Crippen molar-refractivity contribution in [2.75, 3.05) is 13.9 Å². The van der Waals surface area contributed by atoms with Crippen molar-refractivity contribution in [2.24, 2.45) is 0 Å². The standard InChI is InChI=1S/C22H25NO5/c1-22(2)12-17(16-7-6-15(25-3)11-19(16)28-22)23-21(24)9-5-14-4-8-18-20(10-14)27-13-26-18/h4,6-8,10-11,17H,5,9,12-13H2,1-3H3,(H,23,24). The molecule has 2 aromatic rings. The predicted octanol–water partition coefficient (Wildman–Crippen LogP) is 3.78. The van der Waals surface area contributed by atoms with Crippen molar-refractivity contribution in [1.82, 2.24) is 5.32 Å². The van der Waals surface area contributed by atoms with Crippen LogP contribution in [0.4, 0.5) is 0 Å². The van der Waals surface area contributed by atoms with Gasteiger partial charge in [0.2, 0.25) is 12.7 Å². The fourth-order valence-corrected chi connectivity index (χ4v) is 3.71. The maximum absolute atomic E-state index is 12.6. The Kier molecular flexibility index (Phi) is 4.79. The Morgan fingerprint density at radius 3 is 2.79 bits per heavy atom. The third kappa shape index (κ3) is 3.86. The zero-order chi connectivity index (χ0) is 19.7. The minimum Gasteiger partial charge on any atom is -0.497 e. The zero-order valence-electron chi connectivity index (χ0n) is 16.4. The van der Waals surface area contributed by atoms with E-state index >= 15 is 0 Å². The van der Waals surface area contributed by atoms with Gasteiger partial charge >= 0.3 is 0 Å². The van der Waals surface area contributed by atoms with Crippen LogP contribution in [0.2, 0.25) is 0 Å². The van der Waals surface area contributed by atoms with Gasteiger partial charge in [0.05, 0.1) is 13.2 Å². The summed E-state index contributed by atoms with van der Waals surface area (Å²) in [6.45, 7) is 4.31. The summed E-state index contributed by atoms with van der Waals surface area (Å²) in [7, 11) is 1.63. The Morgan fingerprint density at radius 2 is 1.96 bits per heavy atom. The SMILES string of the molecule is COc1ccc2c(c1)OC(C)(C)CC2NC(=O)CCc1ccc2c(c1)OCO2. The lowest BCUT2D eigenvalue weighted by Crippen LogP contribution is -2.41. The molecule has 0 fully saturated rings. The molecule has 2 aliphatic rings. The van der Waals surface area contributed by atoms with Gasteiger partial charge < -0.3 is 24.3 Å². The van der Waals surface area contributed by atoms with Gasteiger partial charge in [-0.05, 0) is 50.1 Å². The summed E-state index contributed by atoms with van der Waals surface area (Å²) in [5.41, 5.74) is 1.67. The molecule has 2 heterocycles. The number of benzene rings is 2. The minimum atomic E-state index is -0.366. The molecule has 1 amide bonds. The minimum absolute atomic E-state index is 0.0159. The van der Waals surface area contributed by atoms with Crippen LogP contribution >= 0.6 is 0 Å². The summed E-state index contributed by atoms with van der Waals surface area (Å²) in [6.07, 6.45) is 1.76. The largest absolute Gasteiger partial charge is 0.497 e. The summed E-state index contributed by atoms with van der Waals surface area (Å²) in [5.74, 6) is 3.01. The zero-order valence-corrected chi connectivity index (χ0v) is 16.4. The van der Waals surface area contributed by atoms with E-state index in [1.807, 2.05) is 50.2 Å². The average molecular weight is 383 g/mol. The van der Waals surface area contributed by atoms with E-state index < -0.39 is 0 Å². The fraction of sp³-hybridized carbons (Fsp3) is 0.409. The van der Waals surface area contributed by atoms with Gasteiger partial charge in [0, 0.05) is 24.5 Å². The molecular weight excluding hydrogens is 358 g/mol. The topological polar surface area (TPSA) is 66.0 Å². The Morgan fingerprint density at radius 1 is 1.14 bits per heavy atom. The Bertz CT molecular complexity index is 892. The summed E-state index contributed by atoms with van der Waals surface area (Å²) in [4.78, 5) is 12.6. The van der Waals surface area contributed by atoms with Crippen LogP contribution in [-0.2, 0) is 11.2 Å². The van der Waals surface area contributed by atoms with Crippen LogP contribution in [0.3, 0.4) is 0 Å². The van der Waals surface area contributed by atoms with Crippen molar-refractivity contribution in [3.8, 4) is 23.0 Å². The third-order valence-electron chi connectivity index (χ3n) is 5.09. The van der Waals surface area contributed by atoms with E-state index in [2.05, 4.69) is 5.32 Å². The fourth-order valence-electron chi connectivity index (χ4n) is 3.71. The molecule has 0 saturated heterocycles. The summed E-state index contributed by atoms with van der Waals surface area (Å²) in [5, 5.41) is 3.18. The predicted molar refractivity (Wildman–Crippen MR) is 104 cm³/mol. The van der Waals surface area contributed by atoms with Gasteiger partial charge in [-0.3, -0.25) is 4.79 Å². The number of ether oxygens (including phenoxy) is 4. The second-order valence-corrected chi connectivity index (χ2v) is 7.78. The second kappa shape index (κ2) is 7.26. The van der Waals surface area contributed by atoms with Gasteiger partial charge in [0.15, 0.2) is 11.5 Å². The molecular formula is C22H25NO5. The Balaban J connectivity index is 1.42. The summed E-state index contributed by atoms with van der Waals surface area (Å²) >= 11 is 0. The number of methoxy groups -OCH3 is 1. The molecule has 0 saturated carbocycles. The first-order valence-corrected chi connectivity index (χ1v) is 9.48. The summed E-state index contributed by atoms with van der Waals surface area (Å²) in [6, 6.07) is 11.4. The monoisotopic (exact) mass is 383 g/mol. The van der Waals surface area contributed by atoms with Crippen molar-refractivity contribution in [3.05, 3.63) is 47.5 Å². The normalized spacial score (nSPS) is 18.8. The molecule has 28 heavy (non-hydrogen) atoms. The number of nitrogens with one attached hydrogen (secondary N) is 1. The van der Waals surface area contributed by atoms with Gasteiger partial charge in [0.25, 0.3) is 0 Å². The molecule has 0 aromatic heterocycles. The van der Waals surface area contributed by atoms with Crippen molar-refractivity contribution in [2.45, 2.75) is 44.8 Å². The van der Waals surface area contributed by atoms with Gasteiger partial charge in [0.1, 0.15) is 17.1 Å². The quantitative estimate of drug-likeness (QED) is 0.851. The van der Waals surface area contributed by atoms with E-state index in [1.165, 1.54) is 0 Å². The van der Waals surface area contributed by atoms with Crippen LogP contribution in [0.5, 0.6) is 23.0 Å². The number of amides is 1. The number of carbonyl (C=O) groups excluding carboxylic acids is 1. The second-order valence-electron chi connectivity index (χ2n) is 7.78. The molecule has 6 nitrogen and oxygen atoms in total. The number of hydrogen-bond acceptors (Lipinski definition) is 5. The summed E-state index contributed by atoms with van der Waals surface area (Å²) < 4.78 is 22.1. The molecule has 0 aliphatic carbocycles. The lowest BCUT2D eigenvalue weighted by Gasteiger charge is -2.38. The molecule has 4 rings (SSSR count). The highest BCUT2D eigenvalue weighted by atomic mass is 16.7. The van der Waals surface area contributed by atoms with Crippen molar-refractivity contribution < 1.29 is 23.7 Å². The van der Waals surface area contributed by atoms with Crippen molar-refractivity contribution >= 4 is 5.91 Å². The number of fused-ring (bicyclic) bond motifs is 2. The molecule has 1 atom stereocenters. The van der Waals surface area contributed by atoms with E-state index in [4.69, 9.17) is 18.9 Å². The maximum atomic E-state index is 12.6. The molecule has 2 aliphatic heterocycles. The maximum Gasteiger partial charge on any atom is 0.231 e. The molecule has 1 unspecified atom stereocenters. The van der Waals surface area contributed by atoms with Crippen molar-refractivity contribution in [3.63, 3.8) is 0 Å². The number of hydrogen-bond donors (Lipinski definition) is 1. The number of rotatable bonds is 5. The van der Waals surface area contributed by atoms with E-state index in [0.717, 1.165) is 34.1 Å². The molecule has 0 bridgehead atoms. The first-order chi connectivity index (χ1) is 13.4. The lowest BCUT2D eigenvalue weighted by atomic mass is 9.89. The van der Waals surface area contributed by atoms with Crippen molar-refractivity contribution in [1.29, 1.82) is 0 Å². The number of carbonyl (C=O) groups is 1. The van der Waals surface area contributed by atoms with E-state index in [-0.39, 0.29) is 24.3 Å². The Hall–Kier alpha value is -2.89. The van der Waals surface area contributed by atoms with Crippen LogP contribution in [0.15, 0.2) is 36.4 Å². The van der Waals surface area contributed by atoms with Crippen LogP contribution in [-0.4, -0.2) is 25.4 Å². The highest BCUT2D eigenvalue weighted by Gasteiger charge is 2.34. The first-order valence-electron chi connectivity index (χ1n) is 9.48. The van der Waals surface area contributed by atoms with Gasteiger partial charge in [-0.25, -0.2) is 0 Å². The molecule has 148 valence electrons. The lowest BCUT2D eigenvalue weighted by molar-refractivity contribution is -0.122. The highest BCUT2D eigenvalue weighted by molar-refractivity contribution is 5.77. The van der Waals surface area contributed by atoms with Gasteiger partial charge in [-0.15, -0.1) is 0 Å². The smallest absolute Gasteiger partial charge is 0.231 e. The molecule has 2 aromatic carbocycles. The van der Waals surface area contributed by atoms with Crippen LogP contribution in [0.1, 0.15) is 43.9 Å². The van der Waals surface area contributed by atoms with E-state index in [9.17, 15) is 4.79 Å². The third-order valence-corrected chi connectivity index (χ3v) is 5.09. The van der Waals surface area contributed by atoms with Gasteiger partial charge in [-0.1, -0.05) is 6.07 Å². The molecule has 6 heteroatoms. The molecule has 1 N–H and O–H groups in total. The first kappa shape index (κ1) is 18.5. The average Bonchev–Trinajstić information content (AvgIpc) is 3.12. The van der Waals surface area contributed by atoms with E-state index in [1.54, 1.807) is 7.11 Å². The van der Waals surface area contributed by atoms with Crippen LogP contribution in [0.25, 0.3) is 0 Å².